The maximum Gasteiger partial charge on any atom is 0.325 e. The Morgan fingerprint density at radius 3 is 2.65 bits per heavy atom. The average molecular weight is 376 g/mol. The molecule has 0 saturated heterocycles. The van der Waals surface area contributed by atoms with Gasteiger partial charge in [-0.15, -0.1) is 0 Å². The molecule has 3 N–H and O–H groups in total. The third-order valence-electron chi connectivity index (χ3n) is 3.22. The Morgan fingerprint density at radius 1 is 1.27 bits per heavy atom. The lowest BCUT2D eigenvalue weighted by molar-refractivity contribution is -0.117. The highest BCUT2D eigenvalue weighted by molar-refractivity contribution is 7.99. The van der Waals surface area contributed by atoms with E-state index in [0.29, 0.717) is 28.7 Å². The third-order valence-corrected chi connectivity index (χ3v) is 4.09. The van der Waals surface area contributed by atoms with Gasteiger partial charge in [-0.25, -0.2) is 9.78 Å². The number of imide groups is 1. The van der Waals surface area contributed by atoms with Crippen LogP contribution >= 0.6 is 11.8 Å². The van der Waals surface area contributed by atoms with Crippen LogP contribution in [-0.2, 0) is 11.2 Å². The van der Waals surface area contributed by atoms with Crippen LogP contribution in [0.15, 0.2) is 40.3 Å². The van der Waals surface area contributed by atoms with Gasteiger partial charge in [0.15, 0.2) is 5.16 Å². The van der Waals surface area contributed by atoms with Crippen LogP contribution < -0.4 is 20.9 Å². The fraction of sp³-hybridized carbons (Fsp3) is 0.294. The van der Waals surface area contributed by atoms with Crippen molar-refractivity contribution in [1.29, 1.82) is 0 Å². The molecule has 0 bridgehead atoms. The molecule has 0 aliphatic rings. The summed E-state index contributed by atoms with van der Waals surface area (Å²) in [7, 11) is 1.55. The normalized spacial score (nSPS) is 10.2. The zero-order chi connectivity index (χ0) is 18.9. The second-order valence-corrected chi connectivity index (χ2v) is 6.28. The predicted molar refractivity (Wildman–Crippen MR) is 99.7 cm³/mol. The molecule has 9 heteroatoms. The van der Waals surface area contributed by atoms with Gasteiger partial charge >= 0.3 is 6.03 Å². The number of rotatable bonds is 7. The van der Waals surface area contributed by atoms with Crippen LogP contribution in [0.3, 0.4) is 0 Å². The Balaban J connectivity index is 1.84. The second-order valence-electron chi connectivity index (χ2n) is 5.31. The van der Waals surface area contributed by atoms with Crippen molar-refractivity contribution >= 4 is 29.4 Å². The summed E-state index contributed by atoms with van der Waals surface area (Å²) in [5.41, 5.74) is 0.946. The van der Waals surface area contributed by atoms with Crippen LogP contribution in [-0.4, -0.2) is 34.8 Å². The van der Waals surface area contributed by atoms with Crippen LogP contribution in [0, 0.1) is 0 Å². The Labute approximate surface area is 154 Å². The van der Waals surface area contributed by atoms with Crippen molar-refractivity contribution in [3.8, 4) is 5.75 Å². The first-order valence-electron chi connectivity index (χ1n) is 7.98. The Kier molecular flexibility index (Phi) is 7.22. The smallest absolute Gasteiger partial charge is 0.325 e. The molecule has 8 nitrogen and oxygen atoms in total. The van der Waals surface area contributed by atoms with Gasteiger partial charge in [0.2, 0.25) is 5.91 Å². The number of methoxy groups -OCH3 is 1. The largest absolute Gasteiger partial charge is 0.497 e. The summed E-state index contributed by atoms with van der Waals surface area (Å²) in [6.07, 6.45) is 1.56. The highest BCUT2D eigenvalue weighted by Gasteiger charge is 2.10. The van der Waals surface area contributed by atoms with Gasteiger partial charge < -0.3 is 15.0 Å². The maximum atomic E-state index is 11.9. The van der Waals surface area contributed by atoms with Gasteiger partial charge in [-0.1, -0.05) is 25.1 Å². The summed E-state index contributed by atoms with van der Waals surface area (Å²) in [4.78, 5) is 42.1. The van der Waals surface area contributed by atoms with E-state index in [1.807, 2.05) is 6.92 Å². The molecule has 3 amide bonds. The number of aromatic nitrogens is 2. The molecule has 0 fully saturated rings. The van der Waals surface area contributed by atoms with Crippen LogP contribution in [0.1, 0.15) is 19.0 Å². The molecule has 2 aromatic rings. The van der Waals surface area contributed by atoms with Crippen LogP contribution in [0.4, 0.5) is 10.5 Å². The number of carbonyl (C=O) groups is 2. The van der Waals surface area contributed by atoms with Crippen molar-refractivity contribution in [1.82, 2.24) is 15.3 Å². The first kappa shape index (κ1) is 19.5. The van der Waals surface area contributed by atoms with Gasteiger partial charge in [0, 0.05) is 17.4 Å². The van der Waals surface area contributed by atoms with Gasteiger partial charge in [0.25, 0.3) is 5.56 Å². The van der Waals surface area contributed by atoms with E-state index in [4.69, 9.17) is 4.74 Å². The van der Waals surface area contributed by atoms with Crippen LogP contribution in [0.2, 0.25) is 0 Å². The highest BCUT2D eigenvalue weighted by Crippen LogP contribution is 2.15. The molecule has 138 valence electrons. The number of anilines is 1. The average Bonchev–Trinajstić information content (AvgIpc) is 2.60. The molecule has 0 aliphatic heterocycles. The van der Waals surface area contributed by atoms with Crippen molar-refractivity contribution in [2.45, 2.75) is 24.9 Å². The number of hydrogen-bond acceptors (Lipinski definition) is 6. The lowest BCUT2D eigenvalue weighted by Crippen LogP contribution is -2.35. The summed E-state index contributed by atoms with van der Waals surface area (Å²) in [5, 5.41) is 5.12. The Morgan fingerprint density at radius 2 is 2.00 bits per heavy atom. The Bertz CT molecular complexity index is 820. The standard InChI is InChI=1S/C17H20N4O4S/c1-3-4-12-9-14(22)21-17(19-12)26-10-15(23)20-16(24)18-11-5-7-13(25-2)8-6-11/h5-9H,3-4,10H2,1-2H3,(H,19,21,22)(H2,18,20,23,24). The maximum absolute atomic E-state index is 11.9. The Hall–Kier alpha value is -2.81. The van der Waals surface area contributed by atoms with E-state index in [2.05, 4.69) is 20.6 Å². The first-order valence-corrected chi connectivity index (χ1v) is 8.96. The van der Waals surface area contributed by atoms with E-state index in [9.17, 15) is 14.4 Å². The SMILES string of the molecule is CCCc1cc(=O)[nH]c(SCC(=O)NC(=O)Nc2ccc(OC)cc2)n1. The molecule has 0 saturated carbocycles. The molecule has 1 aromatic carbocycles. The van der Waals surface area contributed by atoms with Gasteiger partial charge in [0.1, 0.15) is 5.75 Å². The minimum Gasteiger partial charge on any atom is -0.497 e. The minimum atomic E-state index is -0.637. The summed E-state index contributed by atoms with van der Waals surface area (Å²) < 4.78 is 5.03. The van der Waals surface area contributed by atoms with Crippen LogP contribution in [0.25, 0.3) is 0 Å². The zero-order valence-corrected chi connectivity index (χ0v) is 15.3. The lowest BCUT2D eigenvalue weighted by atomic mass is 10.2. The molecule has 2 rings (SSSR count). The van der Waals surface area contributed by atoms with Crippen molar-refractivity contribution < 1.29 is 14.3 Å². The van der Waals surface area contributed by atoms with Gasteiger partial charge in [-0.05, 0) is 30.7 Å². The number of thioether (sulfide) groups is 1. The molecular formula is C17H20N4O4S. The number of carbonyl (C=O) groups excluding carboxylic acids is 2. The van der Waals surface area contributed by atoms with Crippen molar-refractivity contribution in [2.75, 3.05) is 18.2 Å². The number of aromatic amines is 1. The summed E-state index contributed by atoms with van der Waals surface area (Å²) in [5.74, 6) is 0.119. The molecule has 1 aromatic heterocycles. The second kappa shape index (κ2) is 9.62. The third kappa shape index (κ3) is 6.25. The number of nitrogens with zero attached hydrogens (tertiary/aromatic N) is 1. The molecule has 26 heavy (non-hydrogen) atoms. The molecule has 1 heterocycles. The van der Waals surface area contributed by atoms with E-state index < -0.39 is 11.9 Å². The topological polar surface area (TPSA) is 113 Å². The fourth-order valence-corrected chi connectivity index (χ4v) is 2.76. The molecule has 0 unspecified atom stereocenters. The number of ether oxygens (including phenoxy) is 1. The van der Waals surface area contributed by atoms with E-state index in [1.54, 1.807) is 31.4 Å². The number of amides is 3. The first-order chi connectivity index (χ1) is 12.5. The predicted octanol–water partition coefficient (Wildman–Crippen LogP) is 2.17. The summed E-state index contributed by atoms with van der Waals surface area (Å²) >= 11 is 1.06. The number of H-pyrrole nitrogens is 1. The minimum absolute atomic E-state index is 0.0471. The quantitative estimate of drug-likeness (QED) is 0.504. The summed E-state index contributed by atoms with van der Waals surface area (Å²) in [6.45, 7) is 1.99. The fourth-order valence-electron chi connectivity index (χ4n) is 2.07. The number of urea groups is 1. The number of hydrogen-bond donors (Lipinski definition) is 3. The molecular weight excluding hydrogens is 356 g/mol. The zero-order valence-electron chi connectivity index (χ0n) is 14.5. The number of nitrogens with one attached hydrogen (secondary N) is 3. The van der Waals surface area contributed by atoms with Gasteiger partial charge in [0.05, 0.1) is 12.9 Å². The number of benzene rings is 1. The molecule has 0 atom stereocenters. The van der Waals surface area contributed by atoms with Crippen molar-refractivity contribution in [3.63, 3.8) is 0 Å². The van der Waals surface area contributed by atoms with Crippen molar-refractivity contribution in [2.24, 2.45) is 0 Å². The summed E-state index contributed by atoms with van der Waals surface area (Å²) in [6, 6.07) is 7.51. The van der Waals surface area contributed by atoms with E-state index in [-0.39, 0.29) is 11.3 Å². The van der Waals surface area contributed by atoms with E-state index in [0.717, 1.165) is 18.2 Å². The van der Waals surface area contributed by atoms with Gasteiger partial charge in [-0.2, -0.15) is 0 Å². The molecule has 0 spiro atoms. The number of aryl methyl sites for hydroxylation is 1. The van der Waals surface area contributed by atoms with E-state index in [1.165, 1.54) is 6.07 Å². The highest BCUT2D eigenvalue weighted by atomic mass is 32.2. The lowest BCUT2D eigenvalue weighted by Gasteiger charge is -2.07. The van der Waals surface area contributed by atoms with Crippen molar-refractivity contribution in [3.05, 3.63) is 46.4 Å². The molecule has 0 aliphatic carbocycles. The van der Waals surface area contributed by atoms with Gasteiger partial charge in [-0.3, -0.25) is 14.9 Å². The molecule has 0 radical (unpaired) electrons. The monoisotopic (exact) mass is 376 g/mol. The van der Waals surface area contributed by atoms with Crippen LogP contribution in [0.5, 0.6) is 5.75 Å². The van der Waals surface area contributed by atoms with E-state index >= 15 is 0 Å².